The Bertz CT molecular complexity index is 897. The Morgan fingerprint density at radius 3 is 2.54 bits per heavy atom. The summed E-state index contributed by atoms with van der Waals surface area (Å²) in [6.07, 6.45) is 1.92. The van der Waals surface area contributed by atoms with E-state index in [9.17, 15) is 13.2 Å². The van der Waals surface area contributed by atoms with Crippen molar-refractivity contribution in [2.45, 2.75) is 12.5 Å². The number of carbonyl (C=O) groups is 1. The van der Waals surface area contributed by atoms with Crippen LogP contribution in [0.15, 0.2) is 36.5 Å². The second kappa shape index (κ2) is 7.28. The van der Waals surface area contributed by atoms with Crippen molar-refractivity contribution >= 4 is 33.1 Å². The summed E-state index contributed by atoms with van der Waals surface area (Å²) >= 11 is 0. The van der Waals surface area contributed by atoms with Crippen molar-refractivity contribution in [1.29, 1.82) is 0 Å². The molecule has 0 bridgehead atoms. The van der Waals surface area contributed by atoms with Gasteiger partial charge in [0.15, 0.2) is 9.84 Å². The normalized spacial score (nSPS) is 18.3. The van der Waals surface area contributed by atoms with Gasteiger partial charge in [0.1, 0.15) is 5.69 Å². The second-order valence-corrected chi connectivity index (χ2v) is 8.63. The molecule has 3 rings (SSSR count). The van der Waals surface area contributed by atoms with Crippen molar-refractivity contribution in [2.24, 2.45) is 0 Å². The van der Waals surface area contributed by atoms with E-state index >= 15 is 0 Å². The van der Waals surface area contributed by atoms with Crippen LogP contribution in [0.25, 0.3) is 0 Å². The number of hydrogen-bond donors (Lipinski definition) is 2. The largest absolute Gasteiger partial charge is 0.378 e. The molecule has 26 heavy (non-hydrogen) atoms. The van der Waals surface area contributed by atoms with Crippen LogP contribution in [0.3, 0.4) is 0 Å². The third-order valence-electron chi connectivity index (χ3n) is 4.10. The van der Waals surface area contributed by atoms with Gasteiger partial charge in [-0.25, -0.2) is 18.4 Å². The highest BCUT2D eigenvalue weighted by Crippen LogP contribution is 2.18. The minimum Gasteiger partial charge on any atom is -0.378 e. The summed E-state index contributed by atoms with van der Waals surface area (Å²) in [5.74, 6) is -0.0141. The van der Waals surface area contributed by atoms with Crippen LogP contribution in [0.2, 0.25) is 0 Å². The predicted octanol–water partition coefficient (Wildman–Crippen LogP) is 1.20. The molecular formula is C17H21N5O3S. The maximum Gasteiger partial charge on any atom is 0.270 e. The minimum absolute atomic E-state index is 0.0207. The van der Waals surface area contributed by atoms with Gasteiger partial charge in [0.05, 0.1) is 11.5 Å². The van der Waals surface area contributed by atoms with E-state index in [1.807, 2.05) is 43.3 Å². The molecule has 0 radical (unpaired) electrons. The molecule has 0 saturated carbocycles. The van der Waals surface area contributed by atoms with Gasteiger partial charge in [-0.15, -0.1) is 0 Å². The number of anilines is 3. The summed E-state index contributed by atoms with van der Waals surface area (Å²) in [5.41, 5.74) is 2.06. The van der Waals surface area contributed by atoms with Gasteiger partial charge in [0.25, 0.3) is 5.91 Å². The van der Waals surface area contributed by atoms with Crippen molar-refractivity contribution in [2.75, 3.05) is 35.8 Å². The lowest BCUT2D eigenvalue weighted by atomic mass is 10.2. The smallest absolute Gasteiger partial charge is 0.270 e. The molecule has 2 aromatic rings. The summed E-state index contributed by atoms with van der Waals surface area (Å²) in [6, 6.07) is 8.85. The molecule has 1 unspecified atom stereocenters. The molecule has 138 valence electrons. The molecule has 1 aromatic heterocycles. The summed E-state index contributed by atoms with van der Waals surface area (Å²) < 4.78 is 23.0. The molecule has 8 nitrogen and oxygen atoms in total. The van der Waals surface area contributed by atoms with Crippen LogP contribution >= 0.6 is 0 Å². The highest BCUT2D eigenvalue weighted by Gasteiger charge is 2.29. The lowest BCUT2D eigenvalue weighted by molar-refractivity contribution is 0.0936. The standard InChI is InChI=1S/C17H21N5O3S/c1-22(2)14-5-3-12(4-6-14)20-17-18-9-7-15(21-17)16(23)19-13-8-10-26(24,25)11-13/h3-7,9,13H,8,10-11H2,1-2H3,(H,19,23)(H,18,20,21). The third-order valence-corrected chi connectivity index (χ3v) is 5.86. The summed E-state index contributed by atoms with van der Waals surface area (Å²) in [5, 5.41) is 5.78. The monoisotopic (exact) mass is 375 g/mol. The zero-order valence-corrected chi connectivity index (χ0v) is 15.5. The van der Waals surface area contributed by atoms with Crippen molar-refractivity contribution in [1.82, 2.24) is 15.3 Å². The van der Waals surface area contributed by atoms with E-state index in [0.717, 1.165) is 11.4 Å². The number of benzene rings is 1. The molecule has 0 aliphatic carbocycles. The quantitative estimate of drug-likeness (QED) is 0.809. The number of nitrogens with one attached hydrogen (secondary N) is 2. The maximum atomic E-state index is 12.3. The van der Waals surface area contributed by atoms with E-state index in [-0.39, 0.29) is 23.2 Å². The van der Waals surface area contributed by atoms with Crippen molar-refractivity contribution < 1.29 is 13.2 Å². The van der Waals surface area contributed by atoms with E-state index in [1.54, 1.807) is 0 Å². The molecule has 1 aliphatic heterocycles. The molecule has 2 N–H and O–H groups in total. The van der Waals surface area contributed by atoms with Gasteiger partial charge in [-0.05, 0) is 36.8 Å². The van der Waals surface area contributed by atoms with Gasteiger partial charge in [-0.3, -0.25) is 4.79 Å². The molecule has 1 aliphatic rings. The number of amides is 1. The van der Waals surface area contributed by atoms with Gasteiger partial charge in [0.2, 0.25) is 5.95 Å². The fourth-order valence-electron chi connectivity index (χ4n) is 2.69. The highest BCUT2D eigenvalue weighted by molar-refractivity contribution is 7.91. The van der Waals surface area contributed by atoms with Crippen LogP contribution in [-0.2, 0) is 9.84 Å². The van der Waals surface area contributed by atoms with Crippen LogP contribution in [0.5, 0.6) is 0 Å². The topological polar surface area (TPSA) is 104 Å². The zero-order chi connectivity index (χ0) is 18.7. The lowest BCUT2D eigenvalue weighted by Gasteiger charge is -2.13. The number of sulfone groups is 1. The first-order valence-corrected chi connectivity index (χ1v) is 10.0. The molecular weight excluding hydrogens is 354 g/mol. The molecule has 2 heterocycles. The Kier molecular flexibility index (Phi) is 5.08. The van der Waals surface area contributed by atoms with Crippen molar-refractivity contribution in [3.05, 3.63) is 42.2 Å². The highest BCUT2D eigenvalue weighted by atomic mass is 32.2. The average molecular weight is 375 g/mol. The number of nitrogens with zero attached hydrogens (tertiary/aromatic N) is 3. The predicted molar refractivity (Wildman–Crippen MR) is 101 cm³/mol. The van der Waals surface area contributed by atoms with Gasteiger partial charge in [0, 0.05) is 37.7 Å². The van der Waals surface area contributed by atoms with Gasteiger partial charge in [-0.1, -0.05) is 0 Å². The number of rotatable bonds is 5. The average Bonchev–Trinajstić information content (AvgIpc) is 2.94. The van der Waals surface area contributed by atoms with Crippen LogP contribution in [0, 0.1) is 0 Å². The van der Waals surface area contributed by atoms with E-state index in [0.29, 0.717) is 12.4 Å². The van der Waals surface area contributed by atoms with Crippen LogP contribution in [0.4, 0.5) is 17.3 Å². The molecule has 9 heteroatoms. The molecule has 1 aromatic carbocycles. The Morgan fingerprint density at radius 1 is 1.19 bits per heavy atom. The lowest BCUT2D eigenvalue weighted by Crippen LogP contribution is -2.36. The number of aromatic nitrogens is 2. The van der Waals surface area contributed by atoms with E-state index in [4.69, 9.17) is 0 Å². The zero-order valence-electron chi connectivity index (χ0n) is 14.6. The van der Waals surface area contributed by atoms with Gasteiger partial charge < -0.3 is 15.5 Å². The van der Waals surface area contributed by atoms with E-state index in [1.165, 1.54) is 12.3 Å². The first kappa shape index (κ1) is 18.1. The summed E-state index contributed by atoms with van der Waals surface area (Å²) in [4.78, 5) is 22.6. The van der Waals surface area contributed by atoms with Crippen LogP contribution in [0.1, 0.15) is 16.9 Å². The number of carbonyl (C=O) groups excluding carboxylic acids is 1. The second-order valence-electron chi connectivity index (χ2n) is 6.41. The fraction of sp³-hybridized carbons (Fsp3) is 0.353. The number of hydrogen-bond acceptors (Lipinski definition) is 7. The van der Waals surface area contributed by atoms with Crippen molar-refractivity contribution in [3.8, 4) is 0 Å². The van der Waals surface area contributed by atoms with Gasteiger partial charge >= 0.3 is 0 Å². The molecule has 1 saturated heterocycles. The first-order valence-electron chi connectivity index (χ1n) is 8.21. The fourth-order valence-corrected chi connectivity index (χ4v) is 4.36. The van der Waals surface area contributed by atoms with Crippen LogP contribution < -0.4 is 15.5 Å². The Labute approximate surface area is 152 Å². The maximum absolute atomic E-state index is 12.3. The Morgan fingerprint density at radius 2 is 1.92 bits per heavy atom. The third kappa shape index (κ3) is 4.48. The molecule has 0 spiro atoms. The summed E-state index contributed by atoms with van der Waals surface area (Å²) in [6.45, 7) is 0. The first-order chi connectivity index (χ1) is 12.3. The SMILES string of the molecule is CN(C)c1ccc(Nc2nccc(C(=O)NC3CCS(=O)(=O)C3)n2)cc1. The Balaban J connectivity index is 1.67. The molecule has 1 atom stereocenters. The summed E-state index contributed by atoms with van der Waals surface area (Å²) in [7, 11) is 0.878. The van der Waals surface area contributed by atoms with E-state index < -0.39 is 15.7 Å². The van der Waals surface area contributed by atoms with Crippen molar-refractivity contribution in [3.63, 3.8) is 0 Å². The van der Waals surface area contributed by atoms with Crippen LogP contribution in [-0.4, -0.2) is 55.9 Å². The molecule has 1 amide bonds. The Hall–Kier alpha value is -2.68. The van der Waals surface area contributed by atoms with Gasteiger partial charge in [-0.2, -0.15) is 0 Å². The molecule has 1 fully saturated rings. The van der Waals surface area contributed by atoms with E-state index in [2.05, 4.69) is 20.6 Å². The minimum atomic E-state index is -3.05.